The maximum Gasteiger partial charge on any atom is 0.290 e. The quantitative estimate of drug-likeness (QED) is 0.358. The van der Waals surface area contributed by atoms with Gasteiger partial charge in [-0.25, -0.2) is 0 Å². The third-order valence-electron chi connectivity index (χ3n) is 4.90. The summed E-state index contributed by atoms with van der Waals surface area (Å²) in [6.45, 7) is -0.250. The van der Waals surface area contributed by atoms with Crippen LogP contribution in [0.3, 0.4) is 0 Å². The Morgan fingerprint density at radius 3 is 2.30 bits per heavy atom. The molecule has 0 radical (unpaired) electrons. The summed E-state index contributed by atoms with van der Waals surface area (Å²) in [7, 11) is 0. The van der Waals surface area contributed by atoms with E-state index in [4.69, 9.17) is 15.6 Å². The molecule has 0 aliphatic heterocycles. The molecule has 0 bridgehead atoms. The highest BCUT2D eigenvalue weighted by Gasteiger charge is 2.24. The molecule has 0 aliphatic rings. The Bertz CT molecular complexity index is 1050. The van der Waals surface area contributed by atoms with E-state index in [1.807, 2.05) is 79.1 Å². The monoisotopic (exact) mass is 467 g/mol. The zero-order valence-corrected chi connectivity index (χ0v) is 19.3. The molecule has 3 aromatic carbocycles. The summed E-state index contributed by atoms with van der Waals surface area (Å²) in [5.41, 5.74) is 7.78. The summed E-state index contributed by atoms with van der Waals surface area (Å²) in [5.74, 6) is 0.197. The highest BCUT2D eigenvalue weighted by atomic mass is 32.2. The zero-order chi connectivity index (χ0) is 24.1. The Labute approximate surface area is 197 Å². The predicted molar refractivity (Wildman–Crippen MR) is 134 cm³/mol. The fourth-order valence-electron chi connectivity index (χ4n) is 3.24. The van der Waals surface area contributed by atoms with E-state index in [1.165, 1.54) is 0 Å². The topological polar surface area (TPSA) is 122 Å². The van der Waals surface area contributed by atoms with Crippen molar-refractivity contribution in [2.45, 2.75) is 24.9 Å². The van der Waals surface area contributed by atoms with Crippen molar-refractivity contribution in [2.75, 3.05) is 17.3 Å². The molecule has 2 amide bonds. The molecule has 3 aromatic rings. The number of anilines is 1. The third-order valence-corrected chi connectivity index (χ3v) is 5.54. The van der Waals surface area contributed by atoms with Crippen LogP contribution in [-0.4, -0.2) is 47.5 Å². The number of hydrogen-bond acceptors (Lipinski definition) is 5. The number of hydrogen-bond donors (Lipinski definition) is 4. The molecule has 0 aromatic heterocycles. The molecule has 0 fully saturated rings. The number of carbonyl (C=O) groups excluding carboxylic acids is 2. The summed E-state index contributed by atoms with van der Waals surface area (Å²) in [6.07, 6.45) is 2.93. The number of fused-ring (bicyclic) bond motifs is 1. The van der Waals surface area contributed by atoms with Gasteiger partial charge in [0.1, 0.15) is 6.04 Å². The van der Waals surface area contributed by atoms with Crippen LogP contribution in [0.25, 0.3) is 10.8 Å². The normalized spacial score (nSPS) is 12.1. The second-order valence-corrected chi connectivity index (χ2v) is 8.28. The second-order valence-electron chi connectivity index (χ2n) is 7.30. The zero-order valence-electron chi connectivity index (χ0n) is 18.4. The minimum atomic E-state index is -0.711. The number of carboxylic acid groups (broad SMARTS) is 1. The van der Waals surface area contributed by atoms with Crippen LogP contribution in [0.2, 0.25) is 0 Å². The van der Waals surface area contributed by atoms with Gasteiger partial charge in [-0.15, -0.1) is 0 Å². The highest BCUT2D eigenvalue weighted by Crippen LogP contribution is 2.19. The maximum absolute atomic E-state index is 12.9. The Balaban J connectivity index is 0.00000122. The van der Waals surface area contributed by atoms with E-state index >= 15 is 0 Å². The van der Waals surface area contributed by atoms with E-state index in [9.17, 15) is 9.59 Å². The largest absolute Gasteiger partial charge is 0.483 e. The van der Waals surface area contributed by atoms with E-state index in [-0.39, 0.29) is 18.3 Å². The van der Waals surface area contributed by atoms with Crippen molar-refractivity contribution in [3.05, 3.63) is 78.4 Å². The van der Waals surface area contributed by atoms with Crippen LogP contribution in [0, 0.1) is 0 Å². The van der Waals surface area contributed by atoms with Crippen LogP contribution in [0.5, 0.6) is 0 Å². The van der Waals surface area contributed by atoms with Gasteiger partial charge in [-0.2, -0.15) is 11.8 Å². The summed E-state index contributed by atoms with van der Waals surface area (Å²) < 4.78 is 0. The molecule has 0 spiro atoms. The lowest BCUT2D eigenvalue weighted by atomic mass is 10.1. The number of benzene rings is 3. The summed E-state index contributed by atoms with van der Waals surface area (Å²) in [6, 6.07) is 22.0. The van der Waals surface area contributed by atoms with Crippen molar-refractivity contribution in [3.8, 4) is 0 Å². The van der Waals surface area contributed by atoms with E-state index in [0.29, 0.717) is 18.5 Å². The van der Waals surface area contributed by atoms with Gasteiger partial charge in [0.05, 0.1) is 6.04 Å². The molecule has 5 N–H and O–H groups in total. The van der Waals surface area contributed by atoms with Gasteiger partial charge in [-0.3, -0.25) is 14.4 Å². The number of rotatable bonds is 9. The lowest BCUT2D eigenvalue weighted by Crippen LogP contribution is -2.50. The van der Waals surface area contributed by atoms with E-state index in [2.05, 4.69) is 10.6 Å². The Kier molecular flexibility index (Phi) is 10.9. The predicted octanol–water partition coefficient (Wildman–Crippen LogP) is 3.29. The molecule has 8 heteroatoms. The molecule has 0 saturated heterocycles. The molecular weight excluding hydrogens is 438 g/mol. The second kappa shape index (κ2) is 13.9. The molecule has 0 saturated carbocycles. The van der Waals surface area contributed by atoms with E-state index in [1.54, 1.807) is 11.8 Å². The van der Waals surface area contributed by atoms with Crippen molar-refractivity contribution in [2.24, 2.45) is 5.73 Å². The number of thioether (sulfide) groups is 1. The molecule has 7 nitrogen and oxygen atoms in total. The lowest BCUT2D eigenvalue weighted by molar-refractivity contribution is -0.127. The fourth-order valence-corrected chi connectivity index (χ4v) is 3.71. The van der Waals surface area contributed by atoms with Gasteiger partial charge in [0, 0.05) is 5.69 Å². The first-order valence-electron chi connectivity index (χ1n) is 10.4. The number of carbonyl (C=O) groups is 3. The number of nitrogens with two attached hydrogens (primary N) is 1. The Hall–Kier alpha value is -3.36. The van der Waals surface area contributed by atoms with Crippen molar-refractivity contribution < 1.29 is 19.5 Å². The molecule has 33 heavy (non-hydrogen) atoms. The number of nitrogens with one attached hydrogen (secondary N) is 2. The Morgan fingerprint density at radius 2 is 1.64 bits per heavy atom. The summed E-state index contributed by atoms with van der Waals surface area (Å²) >= 11 is 1.63. The molecule has 0 aliphatic carbocycles. The fraction of sp³-hybridized carbons (Fsp3) is 0.240. The first kappa shape index (κ1) is 25.9. The standard InChI is InChI=1S/C24H27N3O2S.CH2O2/c1-30-14-13-22(27-23(28)21(25)15-17-7-3-2-4-8-17)24(29)26-20-12-11-18-9-5-6-10-19(18)16-20;2-1-3/h2-12,16,21-22H,13-15,25H2,1H3,(H,26,29)(H,27,28);1H,(H,2,3)/t21-,22-;/m0./s1. The van der Waals surface area contributed by atoms with E-state index in [0.717, 1.165) is 22.1 Å². The van der Waals surface area contributed by atoms with Crippen LogP contribution in [0.15, 0.2) is 72.8 Å². The van der Waals surface area contributed by atoms with Gasteiger partial charge in [0.2, 0.25) is 11.8 Å². The minimum absolute atomic E-state index is 0.236. The van der Waals surface area contributed by atoms with Crippen LogP contribution in [-0.2, 0) is 20.8 Å². The average molecular weight is 468 g/mol. The molecule has 2 atom stereocenters. The van der Waals surface area contributed by atoms with Crippen LogP contribution >= 0.6 is 11.8 Å². The van der Waals surface area contributed by atoms with E-state index < -0.39 is 12.1 Å². The molecular formula is C25H29N3O4S. The van der Waals surface area contributed by atoms with Gasteiger partial charge in [-0.1, -0.05) is 60.7 Å². The van der Waals surface area contributed by atoms with Gasteiger partial charge >= 0.3 is 0 Å². The van der Waals surface area contributed by atoms with Gasteiger partial charge in [-0.05, 0) is 53.3 Å². The average Bonchev–Trinajstić information content (AvgIpc) is 2.82. The molecule has 174 valence electrons. The first-order chi connectivity index (χ1) is 16.0. The number of amides is 2. The third kappa shape index (κ3) is 8.59. The maximum atomic E-state index is 12.9. The molecule has 0 unspecified atom stereocenters. The van der Waals surface area contributed by atoms with Crippen molar-refractivity contribution in [1.29, 1.82) is 0 Å². The first-order valence-corrected chi connectivity index (χ1v) is 11.8. The van der Waals surface area contributed by atoms with Crippen molar-refractivity contribution in [1.82, 2.24) is 5.32 Å². The molecule has 0 heterocycles. The van der Waals surface area contributed by atoms with Gasteiger partial charge < -0.3 is 21.5 Å². The molecule has 3 rings (SSSR count). The smallest absolute Gasteiger partial charge is 0.290 e. The van der Waals surface area contributed by atoms with Gasteiger partial charge in [0.25, 0.3) is 6.47 Å². The Morgan fingerprint density at radius 1 is 1.00 bits per heavy atom. The van der Waals surface area contributed by atoms with Crippen LogP contribution in [0.1, 0.15) is 12.0 Å². The van der Waals surface area contributed by atoms with Gasteiger partial charge in [0.15, 0.2) is 0 Å². The van der Waals surface area contributed by atoms with Crippen LogP contribution < -0.4 is 16.4 Å². The lowest BCUT2D eigenvalue weighted by Gasteiger charge is -2.21. The highest BCUT2D eigenvalue weighted by molar-refractivity contribution is 7.98. The SMILES string of the molecule is CSCC[C@H](NC(=O)[C@@H](N)Cc1ccccc1)C(=O)Nc1ccc2ccccc2c1.O=CO. The van der Waals surface area contributed by atoms with Crippen molar-refractivity contribution >= 4 is 46.5 Å². The van der Waals surface area contributed by atoms with Crippen LogP contribution in [0.4, 0.5) is 5.69 Å². The minimum Gasteiger partial charge on any atom is -0.483 e. The van der Waals surface area contributed by atoms with Crippen molar-refractivity contribution in [3.63, 3.8) is 0 Å². The summed E-state index contributed by atoms with van der Waals surface area (Å²) in [5, 5.41) is 14.8. The summed E-state index contributed by atoms with van der Waals surface area (Å²) in [4.78, 5) is 33.9.